The minimum atomic E-state index is 0.630. The van der Waals surface area contributed by atoms with Gasteiger partial charge >= 0.3 is 0 Å². The molecular formula is C12H18N6. The summed E-state index contributed by atoms with van der Waals surface area (Å²) in [5, 5.41) is 7.38. The van der Waals surface area contributed by atoms with Crippen LogP contribution in [0.1, 0.15) is 13.3 Å². The van der Waals surface area contributed by atoms with E-state index in [0.29, 0.717) is 12.5 Å². The molecule has 0 aliphatic heterocycles. The molecule has 2 aromatic rings. The molecule has 0 spiro atoms. The van der Waals surface area contributed by atoms with Gasteiger partial charge in [-0.15, -0.1) is 0 Å². The Balaban J connectivity index is 2.11. The summed E-state index contributed by atoms with van der Waals surface area (Å²) < 4.78 is 1.87. The third kappa shape index (κ3) is 3.04. The van der Waals surface area contributed by atoms with E-state index in [0.717, 1.165) is 30.8 Å². The van der Waals surface area contributed by atoms with E-state index < -0.39 is 0 Å². The minimum Gasteiger partial charge on any atom is -0.354 e. The second-order valence-electron chi connectivity index (χ2n) is 3.92. The van der Waals surface area contributed by atoms with Crippen LogP contribution in [0.5, 0.6) is 0 Å². The third-order valence-corrected chi connectivity index (χ3v) is 2.57. The highest BCUT2D eigenvalue weighted by atomic mass is 15.3. The number of nitrogens with two attached hydrogens (primary N) is 1. The highest BCUT2D eigenvalue weighted by Crippen LogP contribution is 2.16. The Labute approximate surface area is 106 Å². The quantitative estimate of drug-likeness (QED) is 0.746. The van der Waals surface area contributed by atoms with Crippen LogP contribution in [0.4, 0.5) is 5.95 Å². The van der Waals surface area contributed by atoms with Crippen LogP contribution in [0.2, 0.25) is 0 Å². The summed E-state index contributed by atoms with van der Waals surface area (Å²) >= 11 is 0. The van der Waals surface area contributed by atoms with Crippen molar-refractivity contribution in [2.45, 2.75) is 19.9 Å². The lowest BCUT2D eigenvalue weighted by molar-refractivity contribution is 0.660. The molecule has 0 unspecified atom stereocenters. The van der Waals surface area contributed by atoms with Crippen LogP contribution in [0.25, 0.3) is 11.3 Å². The number of anilines is 1. The molecule has 6 heteroatoms. The molecule has 0 saturated carbocycles. The highest BCUT2D eigenvalue weighted by molar-refractivity contribution is 5.57. The van der Waals surface area contributed by atoms with Gasteiger partial charge in [0.1, 0.15) is 0 Å². The molecule has 0 aliphatic rings. The predicted octanol–water partition coefficient (Wildman–Crippen LogP) is 1.12. The van der Waals surface area contributed by atoms with Gasteiger partial charge in [-0.05, 0) is 26.0 Å². The number of nitrogens with zero attached hydrogens (tertiary/aromatic N) is 4. The number of aryl methyl sites for hydroxylation is 1. The molecule has 0 amide bonds. The lowest BCUT2D eigenvalue weighted by Crippen LogP contribution is -2.10. The molecule has 0 saturated heterocycles. The van der Waals surface area contributed by atoms with Crippen molar-refractivity contribution >= 4 is 5.95 Å². The van der Waals surface area contributed by atoms with Gasteiger partial charge in [0.15, 0.2) is 0 Å². The molecule has 0 atom stereocenters. The van der Waals surface area contributed by atoms with E-state index in [1.54, 1.807) is 6.20 Å². The van der Waals surface area contributed by atoms with Crippen molar-refractivity contribution in [3.8, 4) is 11.3 Å². The van der Waals surface area contributed by atoms with Crippen molar-refractivity contribution in [3.05, 3.63) is 24.7 Å². The summed E-state index contributed by atoms with van der Waals surface area (Å²) in [4.78, 5) is 8.62. The van der Waals surface area contributed by atoms with Gasteiger partial charge in [-0.1, -0.05) is 0 Å². The van der Waals surface area contributed by atoms with E-state index in [-0.39, 0.29) is 0 Å². The first-order chi connectivity index (χ1) is 8.83. The topological polar surface area (TPSA) is 81.7 Å². The van der Waals surface area contributed by atoms with Crippen LogP contribution >= 0.6 is 0 Å². The van der Waals surface area contributed by atoms with Crippen molar-refractivity contribution in [3.63, 3.8) is 0 Å². The van der Waals surface area contributed by atoms with Gasteiger partial charge < -0.3 is 11.1 Å². The van der Waals surface area contributed by atoms with Crippen molar-refractivity contribution in [1.82, 2.24) is 19.7 Å². The number of rotatable bonds is 6. The summed E-state index contributed by atoms with van der Waals surface area (Å²) in [5.41, 5.74) is 7.32. The van der Waals surface area contributed by atoms with Gasteiger partial charge in [-0.25, -0.2) is 9.97 Å². The van der Waals surface area contributed by atoms with Crippen molar-refractivity contribution < 1.29 is 0 Å². The van der Waals surface area contributed by atoms with E-state index >= 15 is 0 Å². The molecule has 6 nitrogen and oxygen atoms in total. The van der Waals surface area contributed by atoms with Crippen molar-refractivity contribution in [2.24, 2.45) is 5.73 Å². The second-order valence-corrected chi connectivity index (χ2v) is 3.92. The van der Waals surface area contributed by atoms with Crippen LogP contribution < -0.4 is 11.1 Å². The van der Waals surface area contributed by atoms with E-state index in [2.05, 4.69) is 27.3 Å². The zero-order valence-corrected chi connectivity index (χ0v) is 10.5. The lowest BCUT2D eigenvalue weighted by atomic mass is 10.2. The molecule has 0 aromatic carbocycles. The van der Waals surface area contributed by atoms with Crippen LogP contribution in [0.15, 0.2) is 24.7 Å². The van der Waals surface area contributed by atoms with E-state index in [9.17, 15) is 0 Å². The molecular weight excluding hydrogens is 228 g/mol. The fraction of sp³-hybridized carbons (Fsp3) is 0.417. The van der Waals surface area contributed by atoms with Gasteiger partial charge in [-0.3, -0.25) is 4.68 Å². The summed E-state index contributed by atoms with van der Waals surface area (Å²) in [6.45, 7) is 4.35. The van der Waals surface area contributed by atoms with Crippen LogP contribution in [-0.2, 0) is 6.54 Å². The average Bonchev–Trinajstić information content (AvgIpc) is 2.88. The minimum absolute atomic E-state index is 0.630. The van der Waals surface area contributed by atoms with Crippen molar-refractivity contribution in [2.75, 3.05) is 18.4 Å². The molecule has 2 heterocycles. The summed E-state index contributed by atoms with van der Waals surface area (Å²) in [7, 11) is 0. The summed E-state index contributed by atoms with van der Waals surface area (Å²) in [5.74, 6) is 0.630. The standard InChI is InChI=1S/C12H18N6/c1-2-18-9-10(8-16-18)11-4-7-15-12(17-11)14-6-3-5-13/h4,7-9H,2-3,5-6,13H2,1H3,(H,14,15,17). The number of hydrogen-bond acceptors (Lipinski definition) is 5. The Kier molecular flexibility index (Phi) is 4.25. The maximum Gasteiger partial charge on any atom is 0.223 e. The zero-order chi connectivity index (χ0) is 12.8. The second kappa shape index (κ2) is 6.11. The average molecular weight is 246 g/mol. The zero-order valence-electron chi connectivity index (χ0n) is 10.5. The fourth-order valence-electron chi connectivity index (χ4n) is 1.58. The SMILES string of the molecule is CCn1cc(-c2ccnc(NCCCN)n2)cn1. The van der Waals surface area contributed by atoms with Gasteiger partial charge in [0, 0.05) is 31.0 Å². The molecule has 2 aromatic heterocycles. The summed E-state index contributed by atoms with van der Waals surface area (Å²) in [6.07, 6.45) is 6.44. The largest absolute Gasteiger partial charge is 0.354 e. The van der Waals surface area contributed by atoms with Gasteiger partial charge in [-0.2, -0.15) is 5.10 Å². The molecule has 0 fully saturated rings. The third-order valence-electron chi connectivity index (χ3n) is 2.57. The predicted molar refractivity (Wildman–Crippen MR) is 71.1 cm³/mol. The van der Waals surface area contributed by atoms with Gasteiger partial charge in [0.25, 0.3) is 0 Å². The Bertz CT molecular complexity index is 493. The monoisotopic (exact) mass is 246 g/mol. The Morgan fingerprint density at radius 2 is 2.33 bits per heavy atom. The first-order valence-corrected chi connectivity index (χ1v) is 6.13. The van der Waals surface area contributed by atoms with Gasteiger partial charge in [0.2, 0.25) is 5.95 Å². The normalized spacial score (nSPS) is 10.6. The van der Waals surface area contributed by atoms with E-state index in [1.165, 1.54) is 0 Å². The number of nitrogens with one attached hydrogen (secondary N) is 1. The molecule has 0 aliphatic carbocycles. The first kappa shape index (κ1) is 12.5. The molecule has 3 N–H and O–H groups in total. The molecule has 96 valence electrons. The van der Waals surface area contributed by atoms with Crippen LogP contribution in [-0.4, -0.2) is 32.8 Å². The molecule has 0 bridgehead atoms. The van der Waals surface area contributed by atoms with E-state index in [1.807, 2.05) is 23.1 Å². The summed E-state index contributed by atoms with van der Waals surface area (Å²) in [6, 6.07) is 1.88. The van der Waals surface area contributed by atoms with E-state index in [4.69, 9.17) is 5.73 Å². The molecule has 0 radical (unpaired) electrons. The number of hydrogen-bond donors (Lipinski definition) is 2. The highest BCUT2D eigenvalue weighted by Gasteiger charge is 2.04. The smallest absolute Gasteiger partial charge is 0.223 e. The van der Waals surface area contributed by atoms with Crippen molar-refractivity contribution in [1.29, 1.82) is 0 Å². The molecule has 18 heavy (non-hydrogen) atoms. The maximum absolute atomic E-state index is 5.44. The number of aromatic nitrogens is 4. The fourth-order valence-corrected chi connectivity index (χ4v) is 1.58. The Morgan fingerprint density at radius 1 is 1.44 bits per heavy atom. The maximum atomic E-state index is 5.44. The lowest BCUT2D eigenvalue weighted by Gasteiger charge is -2.04. The van der Waals surface area contributed by atoms with Crippen LogP contribution in [0, 0.1) is 0 Å². The van der Waals surface area contributed by atoms with Gasteiger partial charge in [0.05, 0.1) is 11.9 Å². The first-order valence-electron chi connectivity index (χ1n) is 6.13. The van der Waals surface area contributed by atoms with Crippen LogP contribution in [0.3, 0.4) is 0 Å². The Hall–Kier alpha value is -1.95. The molecule has 2 rings (SSSR count). The Morgan fingerprint density at radius 3 is 3.06 bits per heavy atom.